The Morgan fingerprint density at radius 3 is 2.51 bits per heavy atom. The maximum Gasteiger partial charge on any atom is 0.159 e. The molecule has 2 saturated heterocycles. The first-order chi connectivity index (χ1) is 19.0. The van der Waals surface area contributed by atoms with Crippen LogP contribution >= 0.6 is 0 Å². The first-order valence-electron chi connectivity index (χ1n) is 14.1. The zero-order chi connectivity index (χ0) is 26.9. The molecule has 4 aromatic rings. The van der Waals surface area contributed by atoms with E-state index in [9.17, 15) is 0 Å². The summed E-state index contributed by atoms with van der Waals surface area (Å²) in [6, 6.07) is 2.67. The summed E-state index contributed by atoms with van der Waals surface area (Å²) >= 11 is 0. The smallest absolute Gasteiger partial charge is 0.159 e. The third-order valence-electron chi connectivity index (χ3n) is 7.99. The Bertz CT molecular complexity index is 1430. The van der Waals surface area contributed by atoms with Gasteiger partial charge in [-0.2, -0.15) is 5.10 Å². The van der Waals surface area contributed by atoms with Crippen LogP contribution in [0.2, 0.25) is 0 Å². The molecule has 2 fully saturated rings. The summed E-state index contributed by atoms with van der Waals surface area (Å²) in [7, 11) is 6.20. The highest BCUT2D eigenvalue weighted by Crippen LogP contribution is 2.32. The number of likely N-dealkylation sites (tertiary alicyclic amines) is 1. The fraction of sp³-hybridized carbons (Fsp3) is 0.517. The van der Waals surface area contributed by atoms with Gasteiger partial charge in [-0.15, -0.1) is 0 Å². The van der Waals surface area contributed by atoms with Crippen LogP contribution in [-0.4, -0.2) is 99.1 Å². The van der Waals surface area contributed by atoms with E-state index in [2.05, 4.69) is 63.4 Å². The number of pyridine rings is 1. The highest BCUT2D eigenvalue weighted by atomic mass is 16.5. The Balaban J connectivity index is 1.33. The van der Waals surface area contributed by atoms with Crippen molar-refractivity contribution in [1.29, 1.82) is 0 Å². The van der Waals surface area contributed by atoms with Crippen molar-refractivity contribution >= 4 is 17.0 Å². The van der Waals surface area contributed by atoms with Crippen LogP contribution in [0.15, 0.2) is 37.1 Å². The number of aromatic nitrogens is 6. The van der Waals surface area contributed by atoms with Crippen molar-refractivity contribution in [3.63, 3.8) is 0 Å². The molecule has 0 spiro atoms. The van der Waals surface area contributed by atoms with Gasteiger partial charge < -0.3 is 24.0 Å². The lowest BCUT2D eigenvalue weighted by molar-refractivity contribution is 0.122. The predicted octanol–water partition coefficient (Wildman–Crippen LogP) is 3.45. The zero-order valence-electron chi connectivity index (χ0n) is 23.5. The predicted molar refractivity (Wildman–Crippen MR) is 154 cm³/mol. The molecule has 0 bridgehead atoms. The third-order valence-corrected chi connectivity index (χ3v) is 7.99. The normalized spacial score (nSPS) is 17.5. The summed E-state index contributed by atoms with van der Waals surface area (Å²) in [5, 5.41) is 4.77. The topological polar surface area (TPSA) is 80.4 Å². The van der Waals surface area contributed by atoms with Crippen LogP contribution in [0.3, 0.4) is 0 Å². The summed E-state index contributed by atoms with van der Waals surface area (Å²) in [4.78, 5) is 21.9. The molecule has 206 valence electrons. The van der Waals surface area contributed by atoms with Crippen LogP contribution < -0.4 is 4.90 Å². The summed E-state index contributed by atoms with van der Waals surface area (Å²) < 4.78 is 9.77. The van der Waals surface area contributed by atoms with E-state index >= 15 is 0 Å². The van der Waals surface area contributed by atoms with Crippen molar-refractivity contribution in [2.24, 2.45) is 7.05 Å². The van der Waals surface area contributed by atoms with Gasteiger partial charge in [-0.1, -0.05) is 6.92 Å². The standard InChI is InChI=1S/C29H39N9O/c1-5-36-8-6-24(7-9-36)38-19-23(16-32-38)25-20-35(4)29-27(25)33-26(17-31-29)21-14-22(18-34(2)3)28(30-15-21)37-10-12-39-13-11-37/h14-17,19-20,24H,5-13,18H2,1-4H3. The molecular weight excluding hydrogens is 490 g/mol. The number of hydrogen-bond donors (Lipinski definition) is 0. The van der Waals surface area contributed by atoms with Crippen LogP contribution in [0.1, 0.15) is 31.4 Å². The van der Waals surface area contributed by atoms with Gasteiger partial charge in [0.1, 0.15) is 11.3 Å². The molecule has 0 aromatic carbocycles. The largest absolute Gasteiger partial charge is 0.378 e. The fourth-order valence-corrected chi connectivity index (χ4v) is 5.82. The SMILES string of the molecule is CCN1CCC(n2cc(-c3cn(C)c4ncc(-c5cnc(N6CCOCC6)c(CN(C)C)c5)nc34)cn2)CC1. The number of ether oxygens (including phenoxy) is 1. The molecule has 6 rings (SSSR count). The van der Waals surface area contributed by atoms with E-state index in [0.717, 1.165) is 105 Å². The van der Waals surface area contributed by atoms with E-state index in [1.165, 1.54) is 5.56 Å². The van der Waals surface area contributed by atoms with Gasteiger partial charge in [-0.05, 0) is 39.5 Å². The van der Waals surface area contributed by atoms with Crippen molar-refractivity contribution in [1.82, 2.24) is 39.1 Å². The van der Waals surface area contributed by atoms with Crippen molar-refractivity contribution in [3.8, 4) is 22.4 Å². The van der Waals surface area contributed by atoms with Gasteiger partial charge in [0.2, 0.25) is 0 Å². The quantitative estimate of drug-likeness (QED) is 0.360. The van der Waals surface area contributed by atoms with Crippen LogP contribution in [-0.2, 0) is 18.3 Å². The van der Waals surface area contributed by atoms with Gasteiger partial charge in [0.15, 0.2) is 5.65 Å². The number of hydrogen-bond acceptors (Lipinski definition) is 8. The van der Waals surface area contributed by atoms with Crippen molar-refractivity contribution < 1.29 is 4.74 Å². The van der Waals surface area contributed by atoms with Gasteiger partial charge >= 0.3 is 0 Å². The van der Waals surface area contributed by atoms with Gasteiger partial charge in [-0.25, -0.2) is 15.0 Å². The molecule has 6 heterocycles. The molecule has 0 N–H and O–H groups in total. The van der Waals surface area contributed by atoms with E-state index in [-0.39, 0.29) is 0 Å². The molecule has 2 aliphatic rings. The Labute approximate surface area is 230 Å². The van der Waals surface area contributed by atoms with E-state index in [4.69, 9.17) is 24.8 Å². The monoisotopic (exact) mass is 529 g/mol. The molecule has 0 atom stereocenters. The first kappa shape index (κ1) is 25.9. The third kappa shape index (κ3) is 5.28. The second-order valence-corrected chi connectivity index (χ2v) is 11.0. The van der Waals surface area contributed by atoms with Crippen LogP contribution in [0, 0.1) is 0 Å². The van der Waals surface area contributed by atoms with Gasteiger partial charge in [-0.3, -0.25) is 4.68 Å². The molecule has 0 amide bonds. The Morgan fingerprint density at radius 1 is 0.974 bits per heavy atom. The Hall–Kier alpha value is -3.34. The molecule has 39 heavy (non-hydrogen) atoms. The summed E-state index contributed by atoms with van der Waals surface area (Å²) in [6.07, 6.45) is 12.3. The number of morpholine rings is 1. The molecule has 10 heteroatoms. The maximum atomic E-state index is 5.56. The fourth-order valence-electron chi connectivity index (χ4n) is 5.82. The van der Waals surface area contributed by atoms with Gasteiger partial charge in [0.25, 0.3) is 0 Å². The average molecular weight is 530 g/mol. The van der Waals surface area contributed by atoms with Crippen LogP contribution in [0.5, 0.6) is 0 Å². The number of anilines is 1. The molecule has 10 nitrogen and oxygen atoms in total. The number of piperidine rings is 1. The van der Waals surface area contributed by atoms with Gasteiger partial charge in [0.05, 0.1) is 37.3 Å². The summed E-state index contributed by atoms with van der Waals surface area (Å²) in [6.45, 7) is 9.61. The lowest BCUT2D eigenvalue weighted by Gasteiger charge is -2.31. The first-order valence-corrected chi connectivity index (χ1v) is 14.1. The Kier molecular flexibility index (Phi) is 7.33. The van der Waals surface area contributed by atoms with E-state index in [0.29, 0.717) is 6.04 Å². The highest BCUT2D eigenvalue weighted by molar-refractivity contribution is 5.91. The van der Waals surface area contributed by atoms with E-state index in [1.807, 2.05) is 25.6 Å². The average Bonchev–Trinajstić information content (AvgIpc) is 3.58. The Morgan fingerprint density at radius 2 is 1.77 bits per heavy atom. The van der Waals surface area contributed by atoms with Crippen molar-refractivity contribution in [3.05, 3.63) is 42.6 Å². The summed E-state index contributed by atoms with van der Waals surface area (Å²) in [5.74, 6) is 1.03. The van der Waals surface area contributed by atoms with Crippen LogP contribution in [0.4, 0.5) is 5.82 Å². The molecule has 4 aromatic heterocycles. The molecule has 0 aliphatic carbocycles. The number of rotatable bonds is 7. The van der Waals surface area contributed by atoms with Crippen LogP contribution in [0.25, 0.3) is 33.5 Å². The second kappa shape index (κ2) is 11.0. The number of fused-ring (bicyclic) bond motifs is 1. The molecule has 0 radical (unpaired) electrons. The van der Waals surface area contributed by atoms with Gasteiger partial charge in [0, 0.05) is 80.6 Å². The lowest BCUT2D eigenvalue weighted by Crippen LogP contribution is -2.37. The highest BCUT2D eigenvalue weighted by Gasteiger charge is 2.22. The van der Waals surface area contributed by atoms with Crippen molar-refractivity contribution in [2.45, 2.75) is 32.4 Å². The summed E-state index contributed by atoms with van der Waals surface area (Å²) in [5.41, 5.74) is 6.89. The minimum Gasteiger partial charge on any atom is -0.378 e. The molecule has 2 aliphatic heterocycles. The molecule has 0 saturated carbocycles. The number of aryl methyl sites for hydroxylation is 1. The van der Waals surface area contributed by atoms with E-state index in [1.54, 1.807) is 0 Å². The minimum atomic E-state index is 0.448. The van der Waals surface area contributed by atoms with Crippen molar-refractivity contribution in [2.75, 3.05) is 64.9 Å². The second-order valence-electron chi connectivity index (χ2n) is 11.0. The maximum absolute atomic E-state index is 5.56. The van der Waals surface area contributed by atoms with E-state index < -0.39 is 0 Å². The molecular formula is C29H39N9O. The lowest BCUT2D eigenvalue weighted by atomic mass is 10.1. The zero-order valence-corrected chi connectivity index (χ0v) is 23.5. The number of nitrogens with zero attached hydrogens (tertiary/aromatic N) is 9. The minimum absolute atomic E-state index is 0.448. The molecule has 0 unspecified atom stereocenters.